The fourth-order valence-electron chi connectivity index (χ4n) is 2.81. The molecule has 2 aromatic rings. The van der Waals surface area contributed by atoms with Gasteiger partial charge in [-0.3, -0.25) is 9.36 Å². The molecule has 1 aliphatic heterocycles. The molecule has 1 saturated heterocycles. The molecule has 0 aliphatic carbocycles. The van der Waals surface area contributed by atoms with Crippen molar-refractivity contribution in [3.8, 4) is 5.69 Å². The highest BCUT2D eigenvalue weighted by molar-refractivity contribution is 7.99. The average molecular weight is 334 g/mol. The molecule has 7 heteroatoms. The summed E-state index contributed by atoms with van der Waals surface area (Å²) in [6.45, 7) is 2.91. The maximum absolute atomic E-state index is 13.9. The van der Waals surface area contributed by atoms with Crippen LogP contribution in [0.3, 0.4) is 0 Å². The first-order chi connectivity index (χ1) is 11.2. The van der Waals surface area contributed by atoms with Gasteiger partial charge in [0.2, 0.25) is 5.91 Å². The SMILES string of the molecule is C[C@H]1CCCCN1C(=O)CSc1nncn1-c1ccccc1F. The van der Waals surface area contributed by atoms with Gasteiger partial charge in [0.15, 0.2) is 5.16 Å². The van der Waals surface area contributed by atoms with Crippen molar-refractivity contribution < 1.29 is 9.18 Å². The number of carbonyl (C=O) groups is 1. The largest absolute Gasteiger partial charge is 0.339 e. The van der Waals surface area contributed by atoms with Crippen LogP contribution in [-0.4, -0.2) is 43.9 Å². The van der Waals surface area contributed by atoms with Gasteiger partial charge in [-0.15, -0.1) is 10.2 Å². The number of rotatable bonds is 4. The van der Waals surface area contributed by atoms with Crippen LogP contribution in [0.15, 0.2) is 35.7 Å². The summed E-state index contributed by atoms with van der Waals surface area (Å²) in [7, 11) is 0. The molecule has 23 heavy (non-hydrogen) atoms. The summed E-state index contributed by atoms with van der Waals surface area (Å²) in [5, 5.41) is 8.38. The van der Waals surface area contributed by atoms with Gasteiger partial charge in [0.1, 0.15) is 12.1 Å². The Morgan fingerprint density at radius 3 is 3.00 bits per heavy atom. The molecule has 1 aromatic heterocycles. The van der Waals surface area contributed by atoms with E-state index < -0.39 is 0 Å². The summed E-state index contributed by atoms with van der Waals surface area (Å²) in [5.41, 5.74) is 0.388. The number of likely N-dealkylation sites (tertiary alicyclic amines) is 1. The molecule has 1 fully saturated rings. The number of benzene rings is 1. The predicted octanol–water partition coefficient (Wildman–Crippen LogP) is 2.90. The molecular weight excluding hydrogens is 315 g/mol. The van der Waals surface area contributed by atoms with Crippen molar-refractivity contribution in [1.29, 1.82) is 0 Å². The molecule has 1 aliphatic rings. The molecule has 0 radical (unpaired) electrons. The Morgan fingerprint density at radius 1 is 1.39 bits per heavy atom. The number of thioether (sulfide) groups is 1. The number of aromatic nitrogens is 3. The lowest BCUT2D eigenvalue weighted by Gasteiger charge is -2.33. The lowest BCUT2D eigenvalue weighted by molar-refractivity contribution is -0.131. The second-order valence-corrected chi connectivity index (χ2v) is 6.60. The number of nitrogens with zero attached hydrogens (tertiary/aromatic N) is 4. The Balaban J connectivity index is 1.69. The van der Waals surface area contributed by atoms with Gasteiger partial charge in [0.05, 0.1) is 11.4 Å². The number of hydrogen-bond acceptors (Lipinski definition) is 4. The van der Waals surface area contributed by atoms with Crippen molar-refractivity contribution in [2.75, 3.05) is 12.3 Å². The summed E-state index contributed by atoms with van der Waals surface area (Å²) in [5.74, 6) is 0.0488. The monoisotopic (exact) mass is 334 g/mol. The van der Waals surface area contributed by atoms with Crippen LogP contribution in [0.25, 0.3) is 5.69 Å². The van der Waals surface area contributed by atoms with Crippen molar-refractivity contribution in [2.45, 2.75) is 37.4 Å². The number of para-hydroxylation sites is 1. The third kappa shape index (κ3) is 3.55. The highest BCUT2D eigenvalue weighted by Crippen LogP contribution is 2.23. The van der Waals surface area contributed by atoms with Gasteiger partial charge >= 0.3 is 0 Å². The van der Waals surface area contributed by atoms with E-state index in [9.17, 15) is 9.18 Å². The standard InChI is InChI=1S/C16H19FN4OS/c1-12-6-4-5-9-20(12)15(22)10-23-16-19-18-11-21(16)14-8-3-2-7-13(14)17/h2-3,7-8,11-12H,4-6,9-10H2,1H3/t12-/m0/s1. The molecular formula is C16H19FN4OS. The van der Waals surface area contributed by atoms with Crippen LogP contribution in [0, 0.1) is 5.82 Å². The smallest absolute Gasteiger partial charge is 0.233 e. The van der Waals surface area contributed by atoms with Gasteiger partial charge in [-0.1, -0.05) is 23.9 Å². The Labute approximate surface area is 138 Å². The van der Waals surface area contributed by atoms with Crippen LogP contribution in [0.2, 0.25) is 0 Å². The van der Waals surface area contributed by atoms with E-state index in [1.165, 1.54) is 30.6 Å². The second-order valence-electron chi connectivity index (χ2n) is 5.66. The molecule has 0 spiro atoms. The molecule has 2 heterocycles. The lowest BCUT2D eigenvalue weighted by atomic mass is 10.0. The van der Waals surface area contributed by atoms with E-state index in [2.05, 4.69) is 17.1 Å². The molecule has 0 saturated carbocycles. The van der Waals surface area contributed by atoms with E-state index in [-0.39, 0.29) is 17.5 Å². The summed E-state index contributed by atoms with van der Waals surface area (Å²) in [6.07, 6.45) is 4.77. The minimum atomic E-state index is -0.342. The van der Waals surface area contributed by atoms with Crippen molar-refractivity contribution in [3.63, 3.8) is 0 Å². The molecule has 5 nitrogen and oxygen atoms in total. The third-order valence-electron chi connectivity index (χ3n) is 4.08. The van der Waals surface area contributed by atoms with E-state index in [1.54, 1.807) is 22.8 Å². The van der Waals surface area contributed by atoms with E-state index in [0.717, 1.165) is 19.4 Å². The fraction of sp³-hybridized carbons (Fsp3) is 0.438. The number of carbonyl (C=O) groups excluding carboxylic acids is 1. The van der Waals surface area contributed by atoms with Crippen LogP contribution in [-0.2, 0) is 4.79 Å². The zero-order valence-corrected chi connectivity index (χ0v) is 13.8. The summed E-state index contributed by atoms with van der Waals surface area (Å²) in [6, 6.07) is 6.74. The molecule has 0 unspecified atom stereocenters. The zero-order valence-electron chi connectivity index (χ0n) is 13.0. The van der Waals surface area contributed by atoms with Crippen LogP contribution in [0.4, 0.5) is 4.39 Å². The molecule has 0 N–H and O–H groups in total. The van der Waals surface area contributed by atoms with Crippen LogP contribution < -0.4 is 0 Å². The van der Waals surface area contributed by atoms with Crippen LogP contribution >= 0.6 is 11.8 Å². The number of amides is 1. The van der Waals surface area contributed by atoms with Gasteiger partial charge in [0.25, 0.3) is 0 Å². The van der Waals surface area contributed by atoms with E-state index in [1.807, 2.05) is 4.90 Å². The minimum Gasteiger partial charge on any atom is -0.339 e. The summed E-state index contributed by atoms with van der Waals surface area (Å²) >= 11 is 1.29. The van der Waals surface area contributed by atoms with Crippen molar-refractivity contribution >= 4 is 17.7 Å². The fourth-order valence-corrected chi connectivity index (χ4v) is 3.62. The van der Waals surface area contributed by atoms with Crippen LogP contribution in [0.1, 0.15) is 26.2 Å². The van der Waals surface area contributed by atoms with E-state index in [0.29, 0.717) is 16.9 Å². The Kier molecular flexibility index (Phi) is 4.95. The average Bonchev–Trinajstić information content (AvgIpc) is 3.02. The highest BCUT2D eigenvalue weighted by atomic mass is 32.2. The van der Waals surface area contributed by atoms with Gasteiger partial charge in [-0.05, 0) is 38.3 Å². The summed E-state index contributed by atoms with van der Waals surface area (Å²) < 4.78 is 15.5. The number of halogens is 1. The molecule has 122 valence electrons. The second kappa shape index (κ2) is 7.12. The first-order valence-electron chi connectivity index (χ1n) is 7.74. The molecule has 1 aromatic carbocycles. The maximum atomic E-state index is 13.9. The lowest BCUT2D eigenvalue weighted by Crippen LogP contribution is -2.42. The highest BCUT2D eigenvalue weighted by Gasteiger charge is 2.23. The first-order valence-corrected chi connectivity index (χ1v) is 8.72. The maximum Gasteiger partial charge on any atom is 0.233 e. The Hall–Kier alpha value is -1.89. The zero-order chi connectivity index (χ0) is 16.2. The van der Waals surface area contributed by atoms with Crippen LogP contribution in [0.5, 0.6) is 0 Å². The molecule has 3 rings (SSSR count). The number of piperidine rings is 1. The van der Waals surface area contributed by atoms with Gasteiger partial charge < -0.3 is 4.90 Å². The van der Waals surface area contributed by atoms with Crippen molar-refractivity contribution in [3.05, 3.63) is 36.4 Å². The van der Waals surface area contributed by atoms with Gasteiger partial charge in [-0.2, -0.15) is 0 Å². The Bertz CT molecular complexity index is 690. The normalized spacial score (nSPS) is 18.2. The topological polar surface area (TPSA) is 51.0 Å². The Morgan fingerprint density at radius 2 is 2.22 bits per heavy atom. The van der Waals surface area contributed by atoms with Crippen molar-refractivity contribution in [1.82, 2.24) is 19.7 Å². The van der Waals surface area contributed by atoms with Gasteiger partial charge in [0, 0.05) is 12.6 Å². The number of hydrogen-bond donors (Lipinski definition) is 0. The quantitative estimate of drug-likeness (QED) is 0.807. The minimum absolute atomic E-state index is 0.102. The molecule has 1 amide bonds. The third-order valence-corrected chi connectivity index (χ3v) is 5.00. The first kappa shape index (κ1) is 16.0. The predicted molar refractivity (Wildman–Crippen MR) is 87.1 cm³/mol. The van der Waals surface area contributed by atoms with Gasteiger partial charge in [-0.25, -0.2) is 4.39 Å². The molecule has 0 bridgehead atoms. The van der Waals surface area contributed by atoms with E-state index >= 15 is 0 Å². The van der Waals surface area contributed by atoms with E-state index in [4.69, 9.17) is 0 Å². The molecule has 1 atom stereocenters. The van der Waals surface area contributed by atoms with Crippen molar-refractivity contribution in [2.24, 2.45) is 0 Å². The summed E-state index contributed by atoms with van der Waals surface area (Å²) in [4.78, 5) is 14.3.